The summed E-state index contributed by atoms with van der Waals surface area (Å²) in [6.07, 6.45) is -4.22. The molecule has 0 aromatic rings. The monoisotopic (exact) mass is 477 g/mol. The maximum absolute atomic E-state index is 11.1. The third-order valence-electron chi connectivity index (χ3n) is 7.24. The highest BCUT2D eigenvalue weighted by Crippen LogP contribution is 2.31. The van der Waals surface area contributed by atoms with Gasteiger partial charge >= 0.3 is 0 Å². The number of hydrogen-bond acceptors (Lipinski definition) is 12. The van der Waals surface area contributed by atoms with Crippen LogP contribution >= 0.6 is 0 Å². The van der Waals surface area contributed by atoms with Crippen molar-refractivity contribution in [1.82, 2.24) is 10.6 Å². The topological polar surface area (TPSA) is 200 Å². The number of rotatable bonds is 7. The molecule has 13 atom stereocenters. The SMILES string of the molecule is CN[C@@H](C)[C@H]1CC[C@H](N)[C@H](O[C@H]2[C@@H](O)[C@@H](O[C@H]3OC[C@](C)(O)[C@@H](NC)[C@H]3O)[C@@H](N)C[C@H]2N)O1. The minimum atomic E-state index is -1.29. The van der Waals surface area contributed by atoms with Crippen molar-refractivity contribution in [3.05, 3.63) is 0 Å². The second-order valence-electron chi connectivity index (χ2n) is 9.91. The van der Waals surface area contributed by atoms with Crippen LogP contribution in [0.3, 0.4) is 0 Å². The summed E-state index contributed by atoms with van der Waals surface area (Å²) in [5, 5.41) is 38.3. The molecule has 1 saturated carbocycles. The van der Waals surface area contributed by atoms with Crippen molar-refractivity contribution in [2.24, 2.45) is 17.2 Å². The van der Waals surface area contributed by atoms with E-state index in [4.69, 9.17) is 36.1 Å². The first-order valence-electron chi connectivity index (χ1n) is 11.8. The molecule has 1 aliphatic carbocycles. The molecule has 0 spiro atoms. The van der Waals surface area contributed by atoms with Gasteiger partial charge in [-0.2, -0.15) is 0 Å². The van der Waals surface area contributed by atoms with E-state index in [0.717, 1.165) is 6.42 Å². The van der Waals surface area contributed by atoms with Gasteiger partial charge < -0.3 is 62.1 Å². The van der Waals surface area contributed by atoms with Crippen LogP contribution in [0, 0.1) is 0 Å². The summed E-state index contributed by atoms with van der Waals surface area (Å²) >= 11 is 0. The summed E-state index contributed by atoms with van der Waals surface area (Å²) in [5.41, 5.74) is 17.5. The zero-order valence-electron chi connectivity index (χ0n) is 20.0. The van der Waals surface area contributed by atoms with Crippen molar-refractivity contribution < 1.29 is 34.3 Å². The highest BCUT2D eigenvalue weighted by Gasteiger charge is 2.50. The van der Waals surface area contributed by atoms with E-state index in [2.05, 4.69) is 10.6 Å². The number of nitrogens with two attached hydrogens (primary N) is 3. The standard InChI is InChI=1S/C21H43N5O7/c1-9(25-3)13-6-5-10(22)19(31-13)32-16-11(23)7-12(24)17(14(16)27)33-20-15(28)18(26-4)21(2,29)8-30-20/h9-20,25-29H,5-8,22-24H2,1-4H3/t9-,10-,11+,12-,13+,14+,15+,16+,17-,18-,19-,20+,21-/m0/s1. The summed E-state index contributed by atoms with van der Waals surface area (Å²) < 4.78 is 23.7. The molecule has 33 heavy (non-hydrogen) atoms. The summed E-state index contributed by atoms with van der Waals surface area (Å²) in [5.74, 6) is 0. The van der Waals surface area contributed by atoms with Gasteiger partial charge in [-0.1, -0.05) is 0 Å². The van der Waals surface area contributed by atoms with E-state index in [0.29, 0.717) is 12.8 Å². The number of likely N-dealkylation sites (N-methyl/N-ethyl adjacent to an activating group) is 2. The average Bonchev–Trinajstić information content (AvgIpc) is 2.76. The first kappa shape index (κ1) is 27.1. The minimum Gasteiger partial charge on any atom is -0.388 e. The molecule has 3 fully saturated rings. The fourth-order valence-corrected chi connectivity index (χ4v) is 5.04. The van der Waals surface area contributed by atoms with Crippen LogP contribution in [0.15, 0.2) is 0 Å². The van der Waals surface area contributed by atoms with Gasteiger partial charge in [-0.3, -0.25) is 0 Å². The summed E-state index contributed by atoms with van der Waals surface area (Å²) in [7, 11) is 3.49. The molecule has 0 bridgehead atoms. The number of ether oxygens (including phenoxy) is 4. The first-order chi connectivity index (χ1) is 15.5. The lowest BCUT2D eigenvalue weighted by atomic mass is 9.84. The normalized spacial score (nSPS) is 50.2. The molecule has 2 heterocycles. The Labute approximate surface area is 195 Å². The van der Waals surface area contributed by atoms with E-state index in [1.54, 1.807) is 14.0 Å². The van der Waals surface area contributed by atoms with E-state index in [1.165, 1.54) is 0 Å². The molecule has 0 unspecified atom stereocenters. The largest absolute Gasteiger partial charge is 0.388 e. The molecule has 11 N–H and O–H groups in total. The number of hydrogen-bond donors (Lipinski definition) is 8. The molecule has 0 aromatic carbocycles. The van der Waals surface area contributed by atoms with Crippen LogP contribution in [0.4, 0.5) is 0 Å². The van der Waals surface area contributed by atoms with E-state index in [9.17, 15) is 15.3 Å². The van der Waals surface area contributed by atoms with Crippen LogP contribution < -0.4 is 27.8 Å². The van der Waals surface area contributed by atoms with Crippen LogP contribution in [0.2, 0.25) is 0 Å². The first-order valence-corrected chi connectivity index (χ1v) is 11.8. The van der Waals surface area contributed by atoms with Crippen molar-refractivity contribution in [1.29, 1.82) is 0 Å². The van der Waals surface area contributed by atoms with Crippen molar-refractivity contribution in [2.75, 3.05) is 20.7 Å². The molecule has 0 amide bonds. The van der Waals surface area contributed by atoms with Gasteiger partial charge in [0.15, 0.2) is 12.6 Å². The third-order valence-corrected chi connectivity index (χ3v) is 7.24. The molecule has 2 saturated heterocycles. The van der Waals surface area contributed by atoms with Gasteiger partial charge in [-0.15, -0.1) is 0 Å². The van der Waals surface area contributed by atoms with E-state index < -0.39 is 60.7 Å². The molecule has 12 heteroatoms. The fraction of sp³-hybridized carbons (Fsp3) is 1.00. The van der Waals surface area contributed by atoms with Gasteiger partial charge in [0.2, 0.25) is 0 Å². The summed E-state index contributed by atoms with van der Waals surface area (Å²) in [6.45, 7) is 3.52. The Morgan fingerprint density at radius 2 is 1.58 bits per heavy atom. The van der Waals surface area contributed by atoms with E-state index in [1.807, 2.05) is 14.0 Å². The van der Waals surface area contributed by atoms with Crippen molar-refractivity contribution in [2.45, 2.75) is 112 Å². The van der Waals surface area contributed by atoms with E-state index >= 15 is 0 Å². The molecule has 2 aliphatic heterocycles. The summed E-state index contributed by atoms with van der Waals surface area (Å²) in [4.78, 5) is 0. The molecule has 12 nitrogen and oxygen atoms in total. The molecule has 3 aliphatic rings. The third kappa shape index (κ3) is 5.85. The highest BCUT2D eigenvalue weighted by atomic mass is 16.7. The van der Waals surface area contributed by atoms with Gasteiger partial charge in [0.05, 0.1) is 24.8 Å². The average molecular weight is 478 g/mol. The fourth-order valence-electron chi connectivity index (χ4n) is 5.04. The molecule has 0 radical (unpaired) electrons. The van der Waals surface area contributed by atoms with Crippen LogP contribution in [0.1, 0.15) is 33.1 Å². The molecular weight excluding hydrogens is 434 g/mol. The molecule has 3 rings (SSSR count). The van der Waals surface area contributed by atoms with Crippen LogP contribution in [-0.2, 0) is 18.9 Å². The van der Waals surface area contributed by atoms with Gasteiger partial charge in [0.1, 0.15) is 30.0 Å². The van der Waals surface area contributed by atoms with Gasteiger partial charge in [0, 0.05) is 18.1 Å². The Hall–Kier alpha value is -0.480. The van der Waals surface area contributed by atoms with Gasteiger partial charge in [0.25, 0.3) is 0 Å². The number of aliphatic hydroxyl groups is 3. The zero-order chi connectivity index (χ0) is 24.5. The van der Waals surface area contributed by atoms with Gasteiger partial charge in [-0.05, 0) is 47.2 Å². The number of aliphatic hydroxyl groups excluding tert-OH is 2. The van der Waals surface area contributed by atoms with Crippen LogP contribution in [0.5, 0.6) is 0 Å². The maximum atomic E-state index is 11.1. The summed E-state index contributed by atoms with van der Waals surface area (Å²) in [6, 6.07) is -2.11. The Morgan fingerprint density at radius 3 is 2.15 bits per heavy atom. The number of nitrogens with one attached hydrogen (secondary N) is 2. The Kier molecular flexibility index (Phi) is 9.09. The minimum absolute atomic E-state index is 0.0620. The lowest BCUT2D eigenvalue weighted by Crippen LogP contribution is -2.68. The second-order valence-corrected chi connectivity index (χ2v) is 9.91. The van der Waals surface area contributed by atoms with Gasteiger partial charge in [-0.25, -0.2) is 0 Å². The predicted molar refractivity (Wildman–Crippen MR) is 120 cm³/mol. The quantitative estimate of drug-likeness (QED) is 0.182. The lowest BCUT2D eigenvalue weighted by Gasteiger charge is -2.48. The van der Waals surface area contributed by atoms with Crippen molar-refractivity contribution in [3.8, 4) is 0 Å². The maximum Gasteiger partial charge on any atom is 0.185 e. The van der Waals surface area contributed by atoms with Crippen LogP contribution in [0.25, 0.3) is 0 Å². The molecule has 194 valence electrons. The highest BCUT2D eigenvalue weighted by molar-refractivity contribution is 5.02. The van der Waals surface area contributed by atoms with Crippen molar-refractivity contribution in [3.63, 3.8) is 0 Å². The lowest BCUT2D eigenvalue weighted by molar-refractivity contribution is -0.307. The Balaban J connectivity index is 1.68. The Morgan fingerprint density at radius 1 is 0.970 bits per heavy atom. The zero-order valence-corrected chi connectivity index (χ0v) is 20.0. The predicted octanol–water partition coefficient (Wildman–Crippen LogP) is -3.33. The van der Waals surface area contributed by atoms with E-state index in [-0.39, 0.29) is 24.8 Å². The molecular formula is C21H43N5O7. The Bertz CT molecular complexity index is 632. The van der Waals surface area contributed by atoms with Crippen LogP contribution in [-0.4, -0.2) is 115 Å². The second kappa shape index (κ2) is 11.1. The smallest absolute Gasteiger partial charge is 0.185 e. The molecule has 0 aromatic heterocycles. The van der Waals surface area contributed by atoms with Crippen molar-refractivity contribution >= 4 is 0 Å².